The third-order valence-corrected chi connectivity index (χ3v) is 3.55. The summed E-state index contributed by atoms with van der Waals surface area (Å²) < 4.78 is 0.921. The summed E-state index contributed by atoms with van der Waals surface area (Å²) in [5.41, 5.74) is 0.667. The molecule has 5 heteroatoms. The normalized spacial score (nSPS) is 10.0. The van der Waals surface area contributed by atoms with Crippen molar-refractivity contribution in [3.8, 4) is 0 Å². The van der Waals surface area contributed by atoms with Crippen LogP contribution in [0.2, 0.25) is 0 Å². The summed E-state index contributed by atoms with van der Waals surface area (Å²) in [6.07, 6.45) is 2.47. The van der Waals surface area contributed by atoms with Crippen LogP contribution in [0.5, 0.6) is 0 Å². The highest BCUT2D eigenvalue weighted by molar-refractivity contribution is 14.1. The average Bonchev–Trinajstić information content (AvgIpc) is 2.41. The number of benzene rings is 1. The van der Waals surface area contributed by atoms with Gasteiger partial charge in [0.1, 0.15) is 0 Å². The Labute approximate surface area is 127 Å². The second-order valence-corrected chi connectivity index (χ2v) is 5.35. The molecular formula is C14H19IN2O2. The van der Waals surface area contributed by atoms with E-state index in [0.717, 1.165) is 16.4 Å². The minimum absolute atomic E-state index is 0.0467. The third-order valence-electron chi connectivity index (χ3n) is 2.61. The van der Waals surface area contributed by atoms with Gasteiger partial charge in [0.15, 0.2) is 0 Å². The molecule has 1 aromatic rings. The Kier molecular flexibility index (Phi) is 7.47. The molecule has 0 aliphatic heterocycles. The fraction of sp³-hybridized carbons (Fsp3) is 0.429. The number of hydrogen-bond acceptors (Lipinski definition) is 2. The summed E-state index contributed by atoms with van der Waals surface area (Å²) in [6, 6.07) is 7.41. The van der Waals surface area contributed by atoms with Crippen LogP contribution in [0, 0.1) is 3.57 Å². The standard InChI is InChI=1S/C14H19IN2O2/c1-2-3-8-13(18)16-9-10-17-14(19)11-6-4-5-7-12(11)15/h4-7H,2-3,8-10H2,1H3,(H,16,18)(H,17,19). The van der Waals surface area contributed by atoms with Gasteiger partial charge in [-0.15, -0.1) is 0 Å². The first kappa shape index (κ1) is 15.9. The maximum Gasteiger partial charge on any atom is 0.252 e. The topological polar surface area (TPSA) is 58.2 Å². The molecule has 2 amide bonds. The van der Waals surface area contributed by atoms with E-state index in [1.54, 1.807) is 6.07 Å². The van der Waals surface area contributed by atoms with E-state index >= 15 is 0 Å². The van der Waals surface area contributed by atoms with Gasteiger partial charge in [-0.3, -0.25) is 9.59 Å². The fourth-order valence-electron chi connectivity index (χ4n) is 1.54. The molecule has 0 atom stereocenters. The molecule has 19 heavy (non-hydrogen) atoms. The largest absolute Gasteiger partial charge is 0.354 e. The molecule has 0 saturated heterocycles. The average molecular weight is 374 g/mol. The van der Waals surface area contributed by atoms with Crippen molar-refractivity contribution in [2.24, 2.45) is 0 Å². The van der Waals surface area contributed by atoms with Gasteiger partial charge in [0.05, 0.1) is 5.56 Å². The molecule has 0 fully saturated rings. The molecule has 1 rings (SSSR count). The van der Waals surface area contributed by atoms with Crippen LogP contribution >= 0.6 is 22.6 Å². The summed E-state index contributed by atoms with van der Waals surface area (Å²) in [6.45, 7) is 2.97. The number of nitrogens with one attached hydrogen (secondary N) is 2. The molecule has 0 radical (unpaired) electrons. The van der Waals surface area contributed by atoms with E-state index < -0.39 is 0 Å². The maximum absolute atomic E-state index is 11.9. The zero-order valence-corrected chi connectivity index (χ0v) is 13.2. The van der Waals surface area contributed by atoms with Gasteiger partial charge in [0, 0.05) is 23.1 Å². The van der Waals surface area contributed by atoms with Gasteiger partial charge in [0.25, 0.3) is 5.91 Å². The van der Waals surface area contributed by atoms with Gasteiger partial charge in [0.2, 0.25) is 5.91 Å². The van der Waals surface area contributed by atoms with E-state index in [1.165, 1.54) is 0 Å². The Bertz CT molecular complexity index is 435. The van der Waals surface area contributed by atoms with Crippen LogP contribution in [0.4, 0.5) is 0 Å². The highest BCUT2D eigenvalue weighted by Crippen LogP contribution is 2.10. The first-order valence-electron chi connectivity index (χ1n) is 6.44. The third kappa shape index (κ3) is 6.04. The smallest absolute Gasteiger partial charge is 0.252 e. The van der Waals surface area contributed by atoms with Crippen LogP contribution in [0.3, 0.4) is 0 Å². The molecule has 0 bridgehead atoms. The number of halogens is 1. The Morgan fingerprint density at radius 2 is 1.84 bits per heavy atom. The first-order chi connectivity index (χ1) is 9.15. The zero-order valence-electron chi connectivity index (χ0n) is 11.0. The summed E-state index contributed by atoms with van der Waals surface area (Å²) in [7, 11) is 0. The van der Waals surface area contributed by atoms with Gasteiger partial charge in [-0.25, -0.2) is 0 Å². The van der Waals surface area contributed by atoms with Gasteiger partial charge in [-0.1, -0.05) is 25.5 Å². The maximum atomic E-state index is 11.9. The quantitative estimate of drug-likeness (QED) is 0.569. The van der Waals surface area contributed by atoms with Crippen molar-refractivity contribution in [1.82, 2.24) is 10.6 Å². The van der Waals surface area contributed by atoms with Crippen molar-refractivity contribution < 1.29 is 9.59 Å². The molecule has 0 heterocycles. The summed E-state index contributed by atoms with van der Waals surface area (Å²) >= 11 is 2.13. The highest BCUT2D eigenvalue weighted by Gasteiger charge is 2.08. The summed E-state index contributed by atoms with van der Waals surface area (Å²) in [5, 5.41) is 5.58. The predicted molar refractivity (Wildman–Crippen MR) is 84.0 cm³/mol. The SMILES string of the molecule is CCCCC(=O)NCCNC(=O)c1ccccc1I. The van der Waals surface area contributed by atoms with Gasteiger partial charge in [-0.05, 0) is 41.1 Å². The first-order valence-corrected chi connectivity index (χ1v) is 7.52. The van der Waals surface area contributed by atoms with Crippen LogP contribution in [-0.2, 0) is 4.79 Å². The van der Waals surface area contributed by atoms with E-state index in [-0.39, 0.29) is 11.8 Å². The lowest BCUT2D eigenvalue weighted by Crippen LogP contribution is -2.34. The molecule has 1 aromatic carbocycles. The van der Waals surface area contributed by atoms with E-state index in [9.17, 15) is 9.59 Å². The Balaban J connectivity index is 2.25. The van der Waals surface area contributed by atoms with Crippen molar-refractivity contribution in [2.75, 3.05) is 13.1 Å². The van der Waals surface area contributed by atoms with Crippen molar-refractivity contribution >= 4 is 34.4 Å². The number of amides is 2. The van der Waals surface area contributed by atoms with Crippen LogP contribution in [-0.4, -0.2) is 24.9 Å². The molecule has 0 unspecified atom stereocenters. The molecule has 0 aliphatic carbocycles. The Hall–Kier alpha value is -1.11. The monoisotopic (exact) mass is 374 g/mol. The molecule has 2 N–H and O–H groups in total. The lowest BCUT2D eigenvalue weighted by atomic mass is 10.2. The highest BCUT2D eigenvalue weighted by atomic mass is 127. The predicted octanol–water partition coefficient (Wildman–Crippen LogP) is 2.33. The van der Waals surface area contributed by atoms with E-state index in [4.69, 9.17) is 0 Å². The van der Waals surface area contributed by atoms with Crippen LogP contribution in [0.15, 0.2) is 24.3 Å². The second-order valence-electron chi connectivity index (χ2n) is 4.19. The molecular weight excluding hydrogens is 355 g/mol. The molecule has 104 valence electrons. The second kappa shape index (κ2) is 8.90. The summed E-state index contributed by atoms with van der Waals surface area (Å²) in [4.78, 5) is 23.2. The Morgan fingerprint density at radius 1 is 1.16 bits per heavy atom. The van der Waals surface area contributed by atoms with Crippen molar-refractivity contribution in [2.45, 2.75) is 26.2 Å². The van der Waals surface area contributed by atoms with Crippen molar-refractivity contribution in [3.05, 3.63) is 33.4 Å². The molecule has 0 aliphatic rings. The Morgan fingerprint density at radius 3 is 2.53 bits per heavy atom. The molecule has 4 nitrogen and oxygen atoms in total. The van der Waals surface area contributed by atoms with Gasteiger partial charge in [-0.2, -0.15) is 0 Å². The van der Waals surface area contributed by atoms with Crippen LogP contribution in [0.1, 0.15) is 36.5 Å². The molecule has 0 spiro atoms. The van der Waals surface area contributed by atoms with Crippen molar-refractivity contribution in [3.63, 3.8) is 0 Å². The zero-order chi connectivity index (χ0) is 14.1. The minimum Gasteiger partial charge on any atom is -0.354 e. The van der Waals surface area contributed by atoms with Crippen LogP contribution in [0.25, 0.3) is 0 Å². The van der Waals surface area contributed by atoms with E-state index in [2.05, 4.69) is 40.1 Å². The van der Waals surface area contributed by atoms with E-state index in [1.807, 2.05) is 18.2 Å². The van der Waals surface area contributed by atoms with Crippen molar-refractivity contribution in [1.29, 1.82) is 0 Å². The number of carbonyl (C=O) groups is 2. The fourth-order valence-corrected chi connectivity index (χ4v) is 2.18. The van der Waals surface area contributed by atoms with Gasteiger partial charge >= 0.3 is 0 Å². The molecule has 0 aromatic heterocycles. The lowest BCUT2D eigenvalue weighted by molar-refractivity contribution is -0.121. The number of hydrogen-bond donors (Lipinski definition) is 2. The summed E-state index contributed by atoms with van der Waals surface area (Å²) in [5.74, 6) is -0.0572. The van der Waals surface area contributed by atoms with Gasteiger partial charge < -0.3 is 10.6 Å². The van der Waals surface area contributed by atoms with E-state index in [0.29, 0.717) is 25.1 Å². The number of unbranched alkanes of at least 4 members (excludes halogenated alkanes) is 1. The lowest BCUT2D eigenvalue weighted by Gasteiger charge is -2.08. The molecule has 0 saturated carbocycles. The van der Waals surface area contributed by atoms with Crippen LogP contribution < -0.4 is 10.6 Å². The number of rotatable bonds is 7. The minimum atomic E-state index is -0.104. The number of carbonyl (C=O) groups excluding carboxylic acids is 2.